The van der Waals surface area contributed by atoms with E-state index in [0.29, 0.717) is 23.5 Å². The van der Waals surface area contributed by atoms with Crippen molar-refractivity contribution in [1.82, 2.24) is 0 Å². The zero-order chi connectivity index (χ0) is 12.3. The van der Waals surface area contributed by atoms with Crippen LogP contribution >= 0.6 is 0 Å². The van der Waals surface area contributed by atoms with Gasteiger partial charge in [-0.25, -0.2) is 4.39 Å². The zero-order valence-corrected chi connectivity index (χ0v) is 9.48. The summed E-state index contributed by atoms with van der Waals surface area (Å²) < 4.78 is 18.4. The molecule has 3 heteroatoms. The van der Waals surface area contributed by atoms with Gasteiger partial charge in [0, 0.05) is 5.56 Å². The van der Waals surface area contributed by atoms with Crippen molar-refractivity contribution >= 4 is 0 Å². The highest BCUT2D eigenvalue weighted by Crippen LogP contribution is 2.36. The van der Waals surface area contributed by atoms with Crippen LogP contribution in [0.1, 0.15) is 6.92 Å². The van der Waals surface area contributed by atoms with Gasteiger partial charge in [-0.3, -0.25) is 0 Å². The minimum Gasteiger partial charge on any atom is -0.504 e. The van der Waals surface area contributed by atoms with Crippen LogP contribution < -0.4 is 4.74 Å². The standard InChI is InChI=1S/C14H13FO2/c1-2-17-13-8-4-7-12(14(13)16)10-5-3-6-11(15)9-10/h3-9,16H,2H2,1H3. The van der Waals surface area contributed by atoms with Crippen LogP contribution in [-0.4, -0.2) is 11.7 Å². The average Bonchev–Trinajstić information content (AvgIpc) is 2.32. The van der Waals surface area contributed by atoms with Crippen LogP contribution in [-0.2, 0) is 0 Å². The molecule has 0 saturated carbocycles. The SMILES string of the molecule is CCOc1cccc(-c2cccc(F)c2)c1O. The predicted molar refractivity (Wildman–Crippen MR) is 64.7 cm³/mol. The minimum atomic E-state index is -0.330. The van der Waals surface area contributed by atoms with E-state index in [1.807, 2.05) is 6.92 Å². The molecule has 0 saturated heterocycles. The van der Waals surface area contributed by atoms with Crippen LogP contribution in [0.25, 0.3) is 11.1 Å². The lowest BCUT2D eigenvalue weighted by Crippen LogP contribution is -1.92. The summed E-state index contributed by atoms with van der Waals surface area (Å²) in [6.07, 6.45) is 0. The molecule has 0 spiro atoms. The first kappa shape index (κ1) is 11.5. The molecule has 2 rings (SSSR count). The van der Waals surface area contributed by atoms with Crippen molar-refractivity contribution in [2.75, 3.05) is 6.61 Å². The van der Waals surface area contributed by atoms with E-state index in [2.05, 4.69) is 0 Å². The molecule has 2 nitrogen and oxygen atoms in total. The van der Waals surface area contributed by atoms with E-state index in [4.69, 9.17) is 4.74 Å². The van der Waals surface area contributed by atoms with Crippen LogP contribution in [0, 0.1) is 5.82 Å². The molecule has 88 valence electrons. The number of phenolic OH excluding ortho intramolecular Hbond substituents is 1. The fourth-order valence-corrected chi connectivity index (χ4v) is 1.68. The predicted octanol–water partition coefficient (Wildman–Crippen LogP) is 3.60. The second-order valence-corrected chi connectivity index (χ2v) is 3.60. The van der Waals surface area contributed by atoms with Gasteiger partial charge in [-0.2, -0.15) is 0 Å². The van der Waals surface area contributed by atoms with Gasteiger partial charge >= 0.3 is 0 Å². The number of hydrogen-bond acceptors (Lipinski definition) is 2. The molecule has 0 radical (unpaired) electrons. The summed E-state index contributed by atoms with van der Waals surface area (Å²) in [6.45, 7) is 2.31. The Hall–Kier alpha value is -2.03. The topological polar surface area (TPSA) is 29.5 Å². The van der Waals surface area contributed by atoms with Crippen LogP contribution in [0.2, 0.25) is 0 Å². The summed E-state index contributed by atoms with van der Waals surface area (Å²) in [7, 11) is 0. The van der Waals surface area contributed by atoms with Gasteiger partial charge in [0.25, 0.3) is 0 Å². The first-order valence-electron chi connectivity index (χ1n) is 5.43. The smallest absolute Gasteiger partial charge is 0.165 e. The van der Waals surface area contributed by atoms with E-state index >= 15 is 0 Å². The Kier molecular flexibility index (Phi) is 3.28. The van der Waals surface area contributed by atoms with Crippen LogP contribution in [0.15, 0.2) is 42.5 Å². The molecule has 0 heterocycles. The van der Waals surface area contributed by atoms with Crippen molar-refractivity contribution in [2.24, 2.45) is 0 Å². The van der Waals surface area contributed by atoms with Gasteiger partial charge < -0.3 is 9.84 Å². The molecule has 0 aliphatic rings. The number of para-hydroxylation sites is 1. The van der Waals surface area contributed by atoms with Gasteiger partial charge in [-0.05, 0) is 30.7 Å². The zero-order valence-electron chi connectivity index (χ0n) is 9.48. The lowest BCUT2D eigenvalue weighted by Gasteiger charge is -2.10. The molecule has 0 aliphatic carbocycles. The number of hydrogen-bond donors (Lipinski definition) is 1. The van der Waals surface area contributed by atoms with Crippen LogP contribution in [0.5, 0.6) is 11.5 Å². The molecule has 1 N–H and O–H groups in total. The second kappa shape index (κ2) is 4.87. The van der Waals surface area contributed by atoms with Crippen molar-refractivity contribution in [3.05, 3.63) is 48.3 Å². The highest BCUT2D eigenvalue weighted by Gasteiger charge is 2.09. The third kappa shape index (κ3) is 2.38. The molecule has 0 atom stereocenters. The van der Waals surface area contributed by atoms with Crippen molar-refractivity contribution in [2.45, 2.75) is 6.92 Å². The maximum Gasteiger partial charge on any atom is 0.165 e. The molecule has 0 bridgehead atoms. The highest BCUT2D eigenvalue weighted by molar-refractivity contribution is 5.73. The summed E-state index contributed by atoms with van der Waals surface area (Å²) in [4.78, 5) is 0. The maximum absolute atomic E-state index is 13.1. The number of phenols is 1. The molecule has 0 aromatic heterocycles. The first-order chi connectivity index (χ1) is 8.22. The van der Waals surface area contributed by atoms with E-state index in [1.165, 1.54) is 12.1 Å². The van der Waals surface area contributed by atoms with Gasteiger partial charge in [0.15, 0.2) is 11.5 Å². The van der Waals surface area contributed by atoms with E-state index in [0.717, 1.165) is 0 Å². The molecule has 0 aliphatic heterocycles. The molecule has 0 amide bonds. The number of aromatic hydroxyl groups is 1. The van der Waals surface area contributed by atoms with E-state index < -0.39 is 0 Å². The third-order valence-electron chi connectivity index (χ3n) is 2.43. The van der Waals surface area contributed by atoms with E-state index in [9.17, 15) is 9.50 Å². The van der Waals surface area contributed by atoms with Crippen molar-refractivity contribution in [3.63, 3.8) is 0 Å². The van der Waals surface area contributed by atoms with Crippen molar-refractivity contribution in [1.29, 1.82) is 0 Å². The van der Waals surface area contributed by atoms with Crippen molar-refractivity contribution in [3.8, 4) is 22.6 Å². The highest BCUT2D eigenvalue weighted by atomic mass is 19.1. The lowest BCUT2D eigenvalue weighted by molar-refractivity contribution is 0.318. The number of halogens is 1. The summed E-state index contributed by atoms with van der Waals surface area (Å²) in [5, 5.41) is 10.0. The Labute approximate surface area is 99.3 Å². The average molecular weight is 232 g/mol. The molecule has 2 aromatic rings. The Bertz CT molecular complexity index is 523. The molecule has 0 unspecified atom stereocenters. The molecule has 0 fully saturated rings. The van der Waals surface area contributed by atoms with Gasteiger partial charge in [-0.1, -0.05) is 24.3 Å². The molecular formula is C14H13FO2. The van der Waals surface area contributed by atoms with Gasteiger partial charge in [0.05, 0.1) is 6.61 Å². The second-order valence-electron chi connectivity index (χ2n) is 3.60. The van der Waals surface area contributed by atoms with Crippen molar-refractivity contribution < 1.29 is 14.2 Å². The maximum atomic E-state index is 13.1. The lowest BCUT2D eigenvalue weighted by atomic mass is 10.0. The first-order valence-corrected chi connectivity index (χ1v) is 5.43. The van der Waals surface area contributed by atoms with Gasteiger partial charge in [0.1, 0.15) is 5.82 Å². The Morgan fingerprint density at radius 1 is 1.18 bits per heavy atom. The Balaban J connectivity index is 2.49. The number of rotatable bonds is 3. The Morgan fingerprint density at radius 2 is 1.94 bits per heavy atom. The summed E-state index contributed by atoms with van der Waals surface area (Å²) in [5.74, 6) is 0.123. The minimum absolute atomic E-state index is 0.0416. The summed E-state index contributed by atoms with van der Waals surface area (Å²) >= 11 is 0. The number of benzene rings is 2. The quantitative estimate of drug-likeness (QED) is 0.876. The van der Waals surface area contributed by atoms with Gasteiger partial charge in [0.2, 0.25) is 0 Å². The van der Waals surface area contributed by atoms with Crippen LogP contribution in [0.4, 0.5) is 4.39 Å². The fourth-order valence-electron chi connectivity index (χ4n) is 1.68. The van der Waals surface area contributed by atoms with Gasteiger partial charge in [-0.15, -0.1) is 0 Å². The normalized spacial score (nSPS) is 10.2. The fraction of sp³-hybridized carbons (Fsp3) is 0.143. The molecule has 2 aromatic carbocycles. The monoisotopic (exact) mass is 232 g/mol. The van der Waals surface area contributed by atoms with E-state index in [1.54, 1.807) is 30.3 Å². The van der Waals surface area contributed by atoms with Crippen LogP contribution in [0.3, 0.4) is 0 Å². The molecular weight excluding hydrogens is 219 g/mol. The van der Waals surface area contributed by atoms with E-state index in [-0.39, 0.29) is 11.6 Å². The summed E-state index contributed by atoms with van der Waals surface area (Å²) in [5.41, 5.74) is 1.19. The largest absolute Gasteiger partial charge is 0.504 e. The third-order valence-corrected chi connectivity index (χ3v) is 2.43. The molecule has 17 heavy (non-hydrogen) atoms. The Morgan fingerprint density at radius 3 is 2.65 bits per heavy atom. The number of ether oxygens (including phenoxy) is 1. The summed E-state index contributed by atoms with van der Waals surface area (Å²) in [6, 6.07) is 11.3.